The smallest absolute Gasteiger partial charge is 0.0294 e. The molecule has 3 heteroatoms. The maximum Gasteiger partial charge on any atom is 0.0294 e. The molecule has 1 fully saturated rings. The van der Waals surface area contributed by atoms with E-state index >= 15 is 0 Å². The fraction of sp³-hybridized carbons (Fsp3) is 0.647. The molecular weight excluding hydrogens is 307 g/mol. The Hall–Kier alpha value is 0.150. The summed E-state index contributed by atoms with van der Waals surface area (Å²) in [4.78, 5) is 1.46. The lowest BCUT2D eigenvalue weighted by Crippen LogP contribution is -2.36. The van der Waals surface area contributed by atoms with Crippen molar-refractivity contribution in [3.8, 4) is 0 Å². The largest absolute Gasteiger partial charge is 0.126 e. The summed E-state index contributed by atoms with van der Waals surface area (Å²) in [5, 5.41) is 0.658. The third-order valence-corrected chi connectivity index (χ3v) is 7.48. The van der Waals surface area contributed by atoms with Gasteiger partial charge in [-0.2, -0.15) is 0 Å². The van der Waals surface area contributed by atoms with Gasteiger partial charge in [0.2, 0.25) is 0 Å². The highest BCUT2D eigenvalue weighted by atomic mass is 35.5. The normalized spacial score (nSPS) is 23.2. The number of hydrogen-bond donors (Lipinski definition) is 0. The second-order valence-corrected chi connectivity index (χ2v) is 8.24. The van der Waals surface area contributed by atoms with Crippen LogP contribution in [-0.2, 0) is 6.42 Å². The van der Waals surface area contributed by atoms with Crippen LogP contribution in [0.1, 0.15) is 37.7 Å². The zero-order valence-electron chi connectivity index (χ0n) is 11.8. The molecule has 1 aromatic carbocycles. The third kappa shape index (κ3) is 2.87. The van der Waals surface area contributed by atoms with Crippen LogP contribution < -0.4 is 0 Å². The van der Waals surface area contributed by atoms with Gasteiger partial charge < -0.3 is 0 Å². The van der Waals surface area contributed by atoms with E-state index in [2.05, 4.69) is 24.3 Å². The zero-order chi connectivity index (χ0) is 14.0. The molecule has 0 N–H and O–H groups in total. The van der Waals surface area contributed by atoms with Crippen molar-refractivity contribution in [3.63, 3.8) is 0 Å². The highest BCUT2D eigenvalue weighted by Gasteiger charge is 2.41. The van der Waals surface area contributed by atoms with E-state index in [9.17, 15) is 0 Å². The fourth-order valence-electron chi connectivity index (χ4n) is 3.89. The van der Waals surface area contributed by atoms with Crippen molar-refractivity contribution in [3.05, 3.63) is 29.8 Å². The average molecular weight is 329 g/mol. The van der Waals surface area contributed by atoms with E-state index in [1.54, 1.807) is 0 Å². The fourth-order valence-corrected chi connectivity index (χ4v) is 6.33. The Kier molecular flexibility index (Phi) is 4.90. The van der Waals surface area contributed by atoms with E-state index < -0.39 is 0 Å². The van der Waals surface area contributed by atoms with Crippen LogP contribution >= 0.6 is 35.0 Å². The predicted molar refractivity (Wildman–Crippen MR) is 90.2 cm³/mol. The molecule has 110 valence electrons. The first kappa shape index (κ1) is 15.1. The van der Waals surface area contributed by atoms with Gasteiger partial charge >= 0.3 is 0 Å². The van der Waals surface area contributed by atoms with Crippen molar-refractivity contribution in [2.24, 2.45) is 11.3 Å². The van der Waals surface area contributed by atoms with Gasteiger partial charge in [0, 0.05) is 27.3 Å². The summed E-state index contributed by atoms with van der Waals surface area (Å²) in [6.45, 7) is 0. The Bertz CT molecular complexity index is 425. The molecule has 1 aromatic rings. The molecular formula is C17H22Cl2S. The molecule has 20 heavy (non-hydrogen) atoms. The second kappa shape index (κ2) is 6.50. The first-order valence-corrected chi connectivity index (χ1v) is 9.59. The number of rotatable bonds is 5. The van der Waals surface area contributed by atoms with Crippen molar-refractivity contribution in [1.29, 1.82) is 0 Å². The van der Waals surface area contributed by atoms with E-state index in [1.165, 1.54) is 49.0 Å². The lowest BCUT2D eigenvalue weighted by atomic mass is 9.73. The monoisotopic (exact) mass is 328 g/mol. The Balaban J connectivity index is 1.72. The van der Waals surface area contributed by atoms with Gasteiger partial charge in [-0.15, -0.1) is 35.0 Å². The molecule has 3 rings (SSSR count). The summed E-state index contributed by atoms with van der Waals surface area (Å²) >= 11 is 14.8. The molecule has 0 nitrogen and oxygen atoms in total. The minimum absolute atomic E-state index is 0.152. The van der Waals surface area contributed by atoms with Crippen molar-refractivity contribution in [2.45, 2.75) is 48.7 Å². The predicted octanol–water partition coefficient (Wildman–Crippen LogP) is 5.75. The van der Waals surface area contributed by atoms with Gasteiger partial charge in [-0.3, -0.25) is 0 Å². The van der Waals surface area contributed by atoms with Crippen molar-refractivity contribution in [1.82, 2.24) is 0 Å². The van der Waals surface area contributed by atoms with E-state index in [1.807, 2.05) is 11.8 Å². The van der Waals surface area contributed by atoms with E-state index in [0.717, 1.165) is 5.92 Å². The topological polar surface area (TPSA) is 0 Å². The summed E-state index contributed by atoms with van der Waals surface area (Å²) in [6, 6.07) is 8.80. The molecule has 1 heterocycles. The average Bonchev–Trinajstić information content (AvgIpc) is 3.13. The van der Waals surface area contributed by atoms with Gasteiger partial charge in [0.25, 0.3) is 0 Å². The Morgan fingerprint density at radius 3 is 2.45 bits per heavy atom. The van der Waals surface area contributed by atoms with E-state index in [-0.39, 0.29) is 5.41 Å². The van der Waals surface area contributed by atoms with Gasteiger partial charge in [0.05, 0.1) is 0 Å². The standard InChI is InChI=1S/C17H22Cl2S/c18-11-17(12-19,14-6-2-3-7-14)10-15-9-13-5-1-4-8-16(13)20-15/h1,4-5,8,14-15H,2-3,6-7,9-12H2. The number of halogens is 2. The van der Waals surface area contributed by atoms with Crippen LogP contribution in [0.15, 0.2) is 29.2 Å². The van der Waals surface area contributed by atoms with Crippen LogP contribution in [0.4, 0.5) is 0 Å². The summed E-state index contributed by atoms with van der Waals surface area (Å²) in [5.74, 6) is 2.17. The zero-order valence-corrected chi connectivity index (χ0v) is 14.1. The summed E-state index contributed by atoms with van der Waals surface area (Å²) < 4.78 is 0. The van der Waals surface area contributed by atoms with E-state index in [0.29, 0.717) is 17.0 Å². The number of thioether (sulfide) groups is 1. The van der Waals surface area contributed by atoms with Crippen LogP contribution in [0.2, 0.25) is 0 Å². The first-order chi connectivity index (χ1) is 9.77. The van der Waals surface area contributed by atoms with Gasteiger partial charge in [-0.25, -0.2) is 0 Å². The van der Waals surface area contributed by atoms with Crippen LogP contribution in [0, 0.1) is 11.3 Å². The molecule has 1 unspecified atom stereocenters. The van der Waals surface area contributed by atoms with E-state index in [4.69, 9.17) is 23.2 Å². The lowest BCUT2D eigenvalue weighted by Gasteiger charge is -2.37. The molecule has 0 aromatic heterocycles. The number of benzene rings is 1. The first-order valence-electron chi connectivity index (χ1n) is 7.64. The second-order valence-electron chi connectivity index (χ2n) is 6.37. The van der Waals surface area contributed by atoms with Crippen molar-refractivity contribution < 1.29 is 0 Å². The van der Waals surface area contributed by atoms with Gasteiger partial charge in [-0.05, 0) is 43.2 Å². The van der Waals surface area contributed by atoms with Crippen LogP contribution in [-0.4, -0.2) is 17.0 Å². The van der Waals surface area contributed by atoms with Crippen molar-refractivity contribution >= 4 is 35.0 Å². The Morgan fingerprint density at radius 1 is 1.10 bits per heavy atom. The molecule has 0 radical (unpaired) electrons. The number of hydrogen-bond acceptors (Lipinski definition) is 1. The third-order valence-electron chi connectivity index (χ3n) is 5.10. The molecule has 0 bridgehead atoms. The summed E-state index contributed by atoms with van der Waals surface area (Å²) in [7, 11) is 0. The maximum absolute atomic E-state index is 6.40. The minimum Gasteiger partial charge on any atom is -0.126 e. The van der Waals surface area contributed by atoms with Crippen LogP contribution in [0.25, 0.3) is 0 Å². The molecule has 1 saturated carbocycles. The molecule has 0 amide bonds. The van der Waals surface area contributed by atoms with Crippen LogP contribution in [0.3, 0.4) is 0 Å². The molecule has 2 aliphatic rings. The SMILES string of the molecule is ClCC(CCl)(CC1Cc2ccccc2S1)C1CCCC1. The highest BCUT2D eigenvalue weighted by molar-refractivity contribution is 8.00. The molecule has 1 aliphatic heterocycles. The maximum atomic E-state index is 6.40. The quantitative estimate of drug-likeness (QED) is 0.620. The van der Waals surface area contributed by atoms with Gasteiger partial charge in [0.15, 0.2) is 0 Å². The number of alkyl halides is 2. The van der Waals surface area contributed by atoms with Crippen molar-refractivity contribution in [2.75, 3.05) is 11.8 Å². The molecule has 1 atom stereocenters. The van der Waals surface area contributed by atoms with Gasteiger partial charge in [0.1, 0.15) is 0 Å². The Labute approximate surface area is 136 Å². The minimum atomic E-state index is 0.152. The molecule has 0 saturated heterocycles. The van der Waals surface area contributed by atoms with Crippen LogP contribution in [0.5, 0.6) is 0 Å². The molecule has 1 aliphatic carbocycles. The molecule has 0 spiro atoms. The van der Waals surface area contributed by atoms with Gasteiger partial charge in [-0.1, -0.05) is 31.0 Å². The Morgan fingerprint density at radius 2 is 1.80 bits per heavy atom. The summed E-state index contributed by atoms with van der Waals surface area (Å²) in [6.07, 6.45) is 7.72. The number of fused-ring (bicyclic) bond motifs is 1. The highest BCUT2D eigenvalue weighted by Crippen LogP contribution is 2.49. The summed E-state index contributed by atoms with van der Waals surface area (Å²) in [5.41, 5.74) is 1.66. The lowest BCUT2D eigenvalue weighted by molar-refractivity contribution is 0.207.